The number of benzene rings is 3. The van der Waals surface area contributed by atoms with Gasteiger partial charge in [-0.1, -0.05) is 48.7 Å². The predicted octanol–water partition coefficient (Wildman–Crippen LogP) is 8.45. The van der Waals surface area contributed by atoms with Crippen LogP contribution in [-0.4, -0.2) is 53.0 Å². The first-order chi connectivity index (χ1) is 24.2. The Morgan fingerprint density at radius 3 is 2.44 bits per heavy atom. The molecule has 2 heterocycles. The van der Waals surface area contributed by atoms with E-state index in [1.165, 1.54) is 6.42 Å². The number of carbonyl (C=O) groups excluding carboxylic acids is 4. The Kier molecular flexibility index (Phi) is 11.4. The summed E-state index contributed by atoms with van der Waals surface area (Å²) in [6.45, 7) is 3.91. The van der Waals surface area contributed by atoms with E-state index >= 15 is 0 Å². The number of nitrogens with one attached hydrogen (secondary N) is 2. The number of anilines is 3. The van der Waals surface area contributed by atoms with Crippen LogP contribution < -0.4 is 10.6 Å². The average molecular weight is 693 g/mol. The van der Waals surface area contributed by atoms with Gasteiger partial charge in [0.1, 0.15) is 6.61 Å². The Bertz CT molecular complexity index is 1970. The number of aromatic nitrogens is 1. The third-order valence-electron chi connectivity index (χ3n) is 9.27. The Morgan fingerprint density at radius 2 is 1.64 bits per heavy atom. The van der Waals surface area contributed by atoms with Gasteiger partial charge in [-0.15, -0.1) is 0 Å². The second-order valence-corrected chi connectivity index (χ2v) is 13.4. The minimum absolute atomic E-state index is 0.0398. The Labute approximate surface area is 297 Å². The van der Waals surface area contributed by atoms with Crippen LogP contribution in [0.25, 0.3) is 10.9 Å². The predicted molar refractivity (Wildman–Crippen MR) is 196 cm³/mol. The van der Waals surface area contributed by atoms with Gasteiger partial charge < -0.3 is 15.4 Å². The summed E-state index contributed by atoms with van der Waals surface area (Å²) in [6, 6.07) is 19.9. The van der Waals surface area contributed by atoms with E-state index in [0.29, 0.717) is 65.2 Å². The van der Waals surface area contributed by atoms with E-state index in [1.807, 2.05) is 36.4 Å². The zero-order valence-corrected chi connectivity index (χ0v) is 29.0. The summed E-state index contributed by atoms with van der Waals surface area (Å²) in [6.07, 6.45) is 7.82. The Morgan fingerprint density at radius 1 is 0.880 bits per heavy atom. The monoisotopic (exact) mass is 692 g/mol. The van der Waals surface area contributed by atoms with Crippen LogP contribution in [0.15, 0.2) is 84.1 Å². The van der Waals surface area contributed by atoms with Gasteiger partial charge in [-0.05, 0) is 100 Å². The largest absolute Gasteiger partial charge is 0.461 e. The molecule has 3 aromatic carbocycles. The molecule has 50 heavy (non-hydrogen) atoms. The summed E-state index contributed by atoms with van der Waals surface area (Å²) >= 11 is 6.19. The maximum atomic E-state index is 13.0. The van der Waals surface area contributed by atoms with Gasteiger partial charge in [-0.2, -0.15) is 0 Å². The molecule has 0 bridgehead atoms. The highest BCUT2D eigenvalue weighted by molar-refractivity contribution is 6.31. The van der Waals surface area contributed by atoms with Crippen LogP contribution in [0.3, 0.4) is 0 Å². The molecule has 0 saturated carbocycles. The van der Waals surface area contributed by atoms with Gasteiger partial charge in [-0.3, -0.25) is 29.1 Å². The second kappa shape index (κ2) is 16.2. The maximum Gasteiger partial charge on any atom is 0.306 e. The van der Waals surface area contributed by atoms with Crippen LogP contribution in [0.5, 0.6) is 0 Å². The molecule has 1 aliphatic heterocycles. The normalized spacial score (nSPS) is 14.8. The number of allylic oxidation sites excluding steroid dienone is 2. The number of fused-ring (bicyclic) bond motifs is 2. The van der Waals surface area contributed by atoms with E-state index in [0.717, 1.165) is 53.8 Å². The smallest absolute Gasteiger partial charge is 0.306 e. The van der Waals surface area contributed by atoms with Crippen molar-refractivity contribution in [3.63, 3.8) is 0 Å². The third kappa shape index (κ3) is 8.64. The van der Waals surface area contributed by atoms with Crippen molar-refractivity contribution < 1.29 is 23.9 Å². The molecule has 1 amide bonds. The maximum absolute atomic E-state index is 13.0. The number of esters is 1. The molecule has 6 rings (SSSR count). The Hall–Kier alpha value is -4.86. The molecule has 10 heteroatoms. The molecular weight excluding hydrogens is 652 g/mol. The number of Topliss-reactive ketones (excluding diaryl/α,β-unsaturated/α-hetero) is 2. The first-order valence-corrected chi connectivity index (χ1v) is 17.6. The van der Waals surface area contributed by atoms with E-state index in [4.69, 9.17) is 16.3 Å². The lowest BCUT2D eigenvalue weighted by Crippen LogP contribution is -2.36. The highest BCUT2D eigenvalue weighted by Gasteiger charge is 2.29. The number of ether oxygens (including phenoxy) is 1. The number of hydrogen-bond donors (Lipinski definition) is 2. The lowest BCUT2D eigenvalue weighted by atomic mass is 9.83. The minimum Gasteiger partial charge on any atom is -0.461 e. The number of ketones is 2. The first kappa shape index (κ1) is 35.0. The van der Waals surface area contributed by atoms with Gasteiger partial charge in [0.05, 0.1) is 12.1 Å². The fraction of sp³-hybridized carbons (Fsp3) is 0.325. The van der Waals surface area contributed by atoms with Crippen molar-refractivity contribution in [2.45, 2.75) is 64.9 Å². The van der Waals surface area contributed by atoms with Crippen molar-refractivity contribution in [1.82, 2.24) is 9.88 Å². The van der Waals surface area contributed by atoms with E-state index in [2.05, 4.69) is 20.5 Å². The first-order valence-electron chi connectivity index (χ1n) is 17.3. The number of piperidine rings is 1. The standard InChI is InChI=1S/C40H41ClN4O5/c1-26-31(40(49)33-12-7-6-11-32(33)39(26)48)10-4-2-5-13-38(47)50-25-27-20-29(43-35-16-17-42-36-22-28(41)14-15-34(35)36)23-30(21-27)44-37(46)24-45-18-8-3-9-19-45/h6-7,11-12,14-17,20-23H,2-5,8-10,13,18-19,24-25H2,1H3,(H,42,43)(H,44,46). The summed E-state index contributed by atoms with van der Waals surface area (Å²) in [7, 11) is 0. The van der Waals surface area contributed by atoms with Gasteiger partial charge in [0.2, 0.25) is 5.91 Å². The van der Waals surface area contributed by atoms with Crippen LogP contribution in [0, 0.1) is 0 Å². The zero-order valence-electron chi connectivity index (χ0n) is 28.2. The zero-order chi connectivity index (χ0) is 35.0. The van der Waals surface area contributed by atoms with E-state index in [1.54, 1.807) is 43.5 Å². The van der Waals surface area contributed by atoms with Gasteiger partial charge in [0, 0.05) is 62.4 Å². The Balaban J connectivity index is 1.06. The number of pyridine rings is 1. The quantitative estimate of drug-likeness (QED) is 0.106. The molecule has 2 N–H and O–H groups in total. The average Bonchev–Trinajstić information content (AvgIpc) is 3.11. The van der Waals surface area contributed by atoms with E-state index in [9.17, 15) is 19.2 Å². The van der Waals surface area contributed by atoms with Crippen molar-refractivity contribution in [1.29, 1.82) is 0 Å². The van der Waals surface area contributed by atoms with Crippen LogP contribution in [0.4, 0.5) is 17.1 Å². The molecule has 0 radical (unpaired) electrons. The van der Waals surface area contributed by atoms with Crippen molar-refractivity contribution in [2.75, 3.05) is 30.3 Å². The fourth-order valence-electron chi connectivity index (χ4n) is 6.66. The SMILES string of the molecule is CC1=C(CCCCCC(=O)OCc2cc(NC(=O)CN3CCCCC3)cc(Nc3ccnc4cc(Cl)ccc34)c2)C(=O)c2ccccc2C1=O. The molecule has 9 nitrogen and oxygen atoms in total. The summed E-state index contributed by atoms with van der Waals surface area (Å²) in [4.78, 5) is 58.1. The number of nitrogens with zero attached hydrogens (tertiary/aromatic N) is 2. The molecular formula is C40H41ClN4O5. The lowest BCUT2D eigenvalue weighted by molar-refractivity contribution is -0.145. The number of amides is 1. The molecule has 0 spiro atoms. The molecule has 1 aliphatic carbocycles. The molecule has 1 aromatic heterocycles. The fourth-order valence-corrected chi connectivity index (χ4v) is 6.83. The van der Waals surface area contributed by atoms with Crippen LogP contribution in [0.2, 0.25) is 5.02 Å². The molecule has 0 unspecified atom stereocenters. The van der Waals surface area contributed by atoms with Crippen molar-refractivity contribution in [3.05, 3.63) is 106 Å². The number of carbonyl (C=O) groups is 4. The van der Waals surface area contributed by atoms with Crippen LogP contribution in [-0.2, 0) is 20.9 Å². The number of hydrogen-bond acceptors (Lipinski definition) is 8. The molecule has 2 aliphatic rings. The minimum atomic E-state index is -0.329. The van der Waals surface area contributed by atoms with Crippen molar-refractivity contribution in [2.24, 2.45) is 0 Å². The highest BCUT2D eigenvalue weighted by Crippen LogP contribution is 2.31. The summed E-state index contributed by atoms with van der Waals surface area (Å²) < 4.78 is 5.66. The summed E-state index contributed by atoms with van der Waals surface area (Å²) in [5.41, 5.74) is 5.61. The third-order valence-corrected chi connectivity index (χ3v) is 9.50. The molecule has 1 fully saturated rings. The highest BCUT2D eigenvalue weighted by atomic mass is 35.5. The van der Waals surface area contributed by atoms with Crippen molar-refractivity contribution >= 4 is 63.0 Å². The van der Waals surface area contributed by atoms with E-state index in [-0.39, 0.29) is 36.5 Å². The lowest BCUT2D eigenvalue weighted by Gasteiger charge is -2.25. The number of likely N-dealkylation sites (tertiary alicyclic amines) is 1. The van der Waals surface area contributed by atoms with Gasteiger partial charge in [-0.25, -0.2) is 0 Å². The molecule has 4 aromatic rings. The van der Waals surface area contributed by atoms with Gasteiger partial charge in [0.25, 0.3) is 0 Å². The summed E-state index contributed by atoms with van der Waals surface area (Å²) in [5.74, 6) is -0.603. The number of rotatable bonds is 13. The molecule has 258 valence electrons. The van der Waals surface area contributed by atoms with E-state index < -0.39 is 0 Å². The topological polar surface area (TPSA) is 118 Å². The van der Waals surface area contributed by atoms with Gasteiger partial charge >= 0.3 is 5.97 Å². The number of halogens is 1. The number of unbranched alkanes of at least 4 members (excludes halogenated alkanes) is 2. The molecule has 1 saturated heterocycles. The molecule has 0 atom stereocenters. The summed E-state index contributed by atoms with van der Waals surface area (Å²) in [5, 5.41) is 7.97. The second-order valence-electron chi connectivity index (χ2n) is 13.0. The van der Waals surface area contributed by atoms with Crippen molar-refractivity contribution in [3.8, 4) is 0 Å². The van der Waals surface area contributed by atoms with Gasteiger partial charge in [0.15, 0.2) is 11.6 Å². The van der Waals surface area contributed by atoms with Crippen LogP contribution >= 0.6 is 11.6 Å². The van der Waals surface area contributed by atoms with Crippen LogP contribution in [0.1, 0.15) is 84.6 Å².